The van der Waals surface area contributed by atoms with Crippen molar-refractivity contribution in [3.8, 4) is 0 Å². The van der Waals surface area contributed by atoms with E-state index in [1.807, 2.05) is 0 Å². The number of ether oxygens (including phenoxy) is 2. The largest absolute Gasteiger partial charge is 0.473 e. The molecule has 0 bridgehead atoms. The van der Waals surface area contributed by atoms with Crippen molar-refractivity contribution in [3.05, 3.63) is 0 Å². The van der Waals surface area contributed by atoms with Crippen molar-refractivity contribution in [2.45, 2.75) is 38.8 Å². The fourth-order valence-electron chi connectivity index (χ4n) is 1.94. The molecule has 2 rings (SSSR count). The van der Waals surface area contributed by atoms with Crippen molar-refractivity contribution < 1.29 is 9.47 Å². The summed E-state index contributed by atoms with van der Waals surface area (Å²) in [6.07, 6.45) is 2.46. The average Bonchev–Trinajstić information content (AvgIpc) is 2.65. The summed E-state index contributed by atoms with van der Waals surface area (Å²) in [5.41, 5.74) is 0. The molecule has 1 fully saturated rings. The number of hydrogen-bond acceptors (Lipinski definition) is 3. The molecule has 3 nitrogen and oxygen atoms in total. The van der Waals surface area contributed by atoms with E-state index >= 15 is 0 Å². The SMILES string of the molecule is CCC(CC)C1=NC2COCC2O1. The van der Waals surface area contributed by atoms with Crippen molar-refractivity contribution in [2.75, 3.05) is 13.2 Å². The topological polar surface area (TPSA) is 30.8 Å². The Bertz CT molecular complexity index is 211. The van der Waals surface area contributed by atoms with E-state index in [0.717, 1.165) is 32.0 Å². The van der Waals surface area contributed by atoms with Gasteiger partial charge in [0.2, 0.25) is 0 Å². The first kappa shape index (κ1) is 9.00. The van der Waals surface area contributed by atoms with Crippen molar-refractivity contribution in [2.24, 2.45) is 10.9 Å². The highest BCUT2D eigenvalue weighted by Crippen LogP contribution is 2.25. The Hall–Kier alpha value is -0.570. The molecule has 0 aromatic heterocycles. The predicted octanol–water partition coefficient (Wildman–Crippen LogP) is 1.62. The van der Waals surface area contributed by atoms with Crippen LogP contribution in [0.2, 0.25) is 0 Å². The molecule has 13 heavy (non-hydrogen) atoms. The molecule has 1 saturated heterocycles. The first-order valence-corrected chi connectivity index (χ1v) is 5.17. The lowest BCUT2D eigenvalue weighted by molar-refractivity contribution is 0.132. The minimum absolute atomic E-state index is 0.218. The van der Waals surface area contributed by atoms with E-state index in [4.69, 9.17) is 9.47 Å². The van der Waals surface area contributed by atoms with Gasteiger partial charge in [0, 0.05) is 5.92 Å². The zero-order valence-corrected chi connectivity index (χ0v) is 8.32. The Morgan fingerprint density at radius 2 is 2.15 bits per heavy atom. The van der Waals surface area contributed by atoms with Crippen LogP contribution < -0.4 is 0 Å². The second kappa shape index (κ2) is 3.66. The van der Waals surface area contributed by atoms with Gasteiger partial charge in [-0.3, -0.25) is 0 Å². The molecule has 74 valence electrons. The maximum atomic E-state index is 5.75. The van der Waals surface area contributed by atoms with Gasteiger partial charge in [0.25, 0.3) is 0 Å². The highest BCUT2D eigenvalue weighted by Gasteiger charge is 2.37. The highest BCUT2D eigenvalue weighted by molar-refractivity contribution is 5.80. The Labute approximate surface area is 79.1 Å². The molecule has 0 aliphatic carbocycles. The Balaban J connectivity index is 2.01. The standard InChI is InChI=1S/C10H17NO2/c1-3-7(4-2)10-11-8-5-12-6-9(8)13-10/h7-9H,3-6H2,1-2H3. The zero-order chi connectivity index (χ0) is 9.26. The molecule has 2 aliphatic heterocycles. The maximum absolute atomic E-state index is 5.75. The van der Waals surface area contributed by atoms with Gasteiger partial charge in [0.1, 0.15) is 12.1 Å². The van der Waals surface area contributed by atoms with E-state index in [9.17, 15) is 0 Å². The summed E-state index contributed by atoms with van der Waals surface area (Å²) in [7, 11) is 0. The summed E-state index contributed by atoms with van der Waals surface area (Å²) in [4.78, 5) is 4.56. The first-order valence-electron chi connectivity index (χ1n) is 5.17. The lowest BCUT2D eigenvalue weighted by atomic mass is 10.0. The molecule has 2 unspecified atom stereocenters. The van der Waals surface area contributed by atoms with E-state index in [1.54, 1.807) is 0 Å². The third-order valence-electron chi connectivity index (χ3n) is 2.90. The average molecular weight is 183 g/mol. The van der Waals surface area contributed by atoms with Gasteiger partial charge in [-0.2, -0.15) is 0 Å². The molecular formula is C10H17NO2. The normalized spacial score (nSPS) is 31.8. The smallest absolute Gasteiger partial charge is 0.187 e. The van der Waals surface area contributed by atoms with Crippen molar-refractivity contribution in [1.29, 1.82) is 0 Å². The van der Waals surface area contributed by atoms with E-state index in [0.29, 0.717) is 5.92 Å². The van der Waals surface area contributed by atoms with E-state index < -0.39 is 0 Å². The van der Waals surface area contributed by atoms with Gasteiger partial charge in [-0.25, -0.2) is 4.99 Å². The van der Waals surface area contributed by atoms with Crippen molar-refractivity contribution in [1.82, 2.24) is 0 Å². The van der Waals surface area contributed by atoms with Crippen LogP contribution in [0.25, 0.3) is 0 Å². The lowest BCUT2D eigenvalue weighted by Crippen LogP contribution is -2.21. The van der Waals surface area contributed by atoms with Crippen LogP contribution in [0.4, 0.5) is 0 Å². The van der Waals surface area contributed by atoms with Gasteiger partial charge in [0.05, 0.1) is 13.2 Å². The summed E-state index contributed by atoms with van der Waals surface area (Å²) in [5.74, 6) is 1.49. The van der Waals surface area contributed by atoms with Gasteiger partial charge in [-0.15, -0.1) is 0 Å². The Morgan fingerprint density at radius 1 is 1.38 bits per heavy atom. The quantitative estimate of drug-likeness (QED) is 0.665. The summed E-state index contributed by atoms with van der Waals surface area (Å²) >= 11 is 0. The fraction of sp³-hybridized carbons (Fsp3) is 0.900. The summed E-state index contributed by atoms with van der Waals surface area (Å²) in [6, 6.07) is 0.288. The molecular weight excluding hydrogens is 166 g/mol. The number of aliphatic imine (C=N–C) groups is 1. The van der Waals surface area contributed by atoms with Crippen LogP contribution in [0.15, 0.2) is 4.99 Å². The second-order valence-electron chi connectivity index (χ2n) is 3.74. The Kier molecular flexibility index (Phi) is 2.54. The van der Waals surface area contributed by atoms with Gasteiger partial charge in [-0.05, 0) is 12.8 Å². The van der Waals surface area contributed by atoms with Gasteiger partial charge < -0.3 is 9.47 Å². The van der Waals surface area contributed by atoms with E-state index in [1.165, 1.54) is 0 Å². The van der Waals surface area contributed by atoms with Crippen LogP contribution in [-0.2, 0) is 9.47 Å². The first-order chi connectivity index (χ1) is 6.35. The van der Waals surface area contributed by atoms with Crippen LogP contribution in [0.1, 0.15) is 26.7 Å². The van der Waals surface area contributed by atoms with Gasteiger partial charge >= 0.3 is 0 Å². The number of nitrogens with zero attached hydrogens (tertiary/aromatic N) is 1. The minimum atomic E-state index is 0.218. The molecule has 0 spiro atoms. The molecule has 0 amide bonds. The number of rotatable bonds is 3. The van der Waals surface area contributed by atoms with Gasteiger partial charge in [-0.1, -0.05) is 13.8 Å². The van der Waals surface area contributed by atoms with Crippen LogP contribution in [0.5, 0.6) is 0 Å². The maximum Gasteiger partial charge on any atom is 0.187 e. The third-order valence-corrected chi connectivity index (χ3v) is 2.90. The number of fused-ring (bicyclic) bond motifs is 1. The third kappa shape index (κ3) is 1.57. The molecule has 0 radical (unpaired) electrons. The van der Waals surface area contributed by atoms with Gasteiger partial charge in [0.15, 0.2) is 5.90 Å². The van der Waals surface area contributed by atoms with E-state index in [2.05, 4.69) is 18.8 Å². The monoisotopic (exact) mass is 183 g/mol. The molecule has 0 aromatic rings. The van der Waals surface area contributed by atoms with Crippen LogP contribution in [0.3, 0.4) is 0 Å². The van der Waals surface area contributed by atoms with E-state index in [-0.39, 0.29) is 12.1 Å². The summed E-state index contributed by atoms with van der Waals surface area (Å²) < 4.78 is 11.0. The number of hydrogen-bond donors (Lipinski definition) is 0. The molecule has 3 heteroatoms. The van der Waals surface area contributed by atoms with Crippen molar-refractivity contribution >= 4 is 5.90 Å². The summed E-state index contributed by atoms with van der Waals surface area (Å²) in [5, 5.41) is 0. The van der Waals surface area contributed by atoms with Crippen LogP contribution in [0, 0.1) is 5.92 Å². The van der Waals surface area contributed by atoms with Crippen LogP contribution >= 0.6 is 0 Å². The van der Waals surface area contributed by atoms with Crippen LogP contribution in [-0.4, -0.2) is 31.3 Å². The molecule has 0 aromatic carbocycles. The molecule has 2 aliphatic rings. The zero-order valence-electron chi connectivity index (χ0n) is 8.32. The second-order valence-corrected chi connectivity index (χ2v) is 3.74. The highest BCUT2D eigenvalue weighted by atomic mass is 16.6. The van der Waals surface area contributed by atoms with Crippen molar-refractivity contribution in [3.63, 3.8) is 0 Å². The lowest BCUT2D eigenvalue weighted by Gasteiger charge is -2.14. The minimum Gasteiger partial charge on any atom is -0.473 e. The fourth-order valence-corrected chi connectivity index (χ4v) is 1.94. The Morgan fingerprint density at radius 3 is 2.77 bits per heavy atom. The molecule has 2 heterocycles. The molecule has 0 N–H and O–H groups in total. The molecule has 2 atom stereocenters. The molecule has 0 saturated carbocycles. The summed E-state index contributed by atoms with van der Waals surface area (Å²) in [6.45, 7) is 5.83. The predicted molar refractivity (Wildman–Crippen MR) is 51.0 cm³/mol.